The van der Waals surface area contributed by atoms with Gasteiger partial charge in [0, 0.05) is 34.7 Å². The Balaban J connectivity index is -0.000000265. The first-order valence-corrected chi connectivity index (χ1v) is 28.0. The molecule has 391 valence electrons. The predicted octanol–water partition coefficient (Wildman–Crippen LogP) is 15.1. The van der Waals surface area contributed by atoms with Gasteiger partial charge >= 0.3 is 39.9 Å². The Kier molecular flexibility index (Phi) is 41.6. The SMILES string of the molecule is CC(C)(C)C(=O)/C=C(\[O-])C(C)(C)C.CC(C)(C)C(=O)/C=C(\[O-])C(C)(C)C.CC(C)(C)C(=O)/C=C(\[O-])C(C)(C)C.CCCCCCCCP(=O)(CCCCCCCC)CCCCCCCC.[Gd+3]. The summed E-state index contributed by atoms with van der Waals surface area (Å²) >= 11 is 0. The van der Waals surface area contributed by atoms with Gasteiger partial charge in [-0.1, -0.05) is 242 Å². The minimum Gasteiger partial charge on any atom is -0.875 e. The standard InChI is InChI=1S/C24H51OP.3C11H20O2.Gd/c1-4-7-10-13-16-19-22-26(25,23-20-17-14-11-8-5-2)24-21-18-15-12-9-6-3;3*1-10(2,3)8(12)7-9(13)11(4,5)6;/h4-24H2,1-3H3;3*7,12H,1-6H3;/q;;;;+3/p-3/b;3*8-7-;. The van der Waals surface area contributed by atoms with Crippen LogP contribution >= 0.6 is 7.14 Å². The van der Waals surface area contributed by atoms with Gasteiger partial charge in [-0.3, -0.25) is 14.4 Å². The fourth-order valence-electron chi connectivity index (χ4n) is 5.53. The summed E-state index contributed by atoms with van der Waals surface area (Å²) in [4.78, 5) is 34.3. The van der Waals surface area contributed by atoms with Crippen LogP contribution in [-0.4, -0.2) is 35.8 Å². The molecular weight excluding hydrogens is 985 g/mol. The van der Waals surface area contributed by atoms with Gasteiger partial charge in [0.15, 0.2) is 17.3 Å². The van der Waals surface area contributed by atoms with E-state index in [1.807, 2.05) is 125 Å². The monoisotopic (exact) mass is 1090 g/mol. The smallest absolute Gasteiger partial charge is 0.875 e. The van der Waals surface area contributed by atoms with Crippen LogP contribution in [0.3, 0.4) is 0 Å². The van der Waals surface area contributed by atoms with Crippen LogP contribution in [0, 0.1) is 72.4 Å². The minimum absolute atomic E-state index is 0. The molecule has 0 heterocycles. The van der Waals surface area contributed by atoms with Gasteiger partial charge in [-0.25, -0.2) is 0 Å². The number of hydrogen-bond acceptors (Lipinski definition) is 7. The molecule has 0 amide bonds. The molecule has 0 aliphatic rings. The molecule has 0 aromatic carbocycles. The van der Waals surface area contributed by atoms with Crippen LogP contribution in [0.1, 0.15) is 261 Å². The van der Waals surface area contributed by atoms with Gasteiger partial charge in [0.2, 0.25) is 0 Å². The fraction of sp³-hybridized carbons (Fsp3) is 0.842. The van der Waals surface area contributed by atoms with Crippen molar-refractivity contribution in [2.45, 2.75) is 261 Å². The molecule has 0 saturated carbocycles. The molecule has 0 aliphatic carbocycles. The van der Waals surface area contributed by atoms with Gasteiger partial charge in [-0.15, -0.1) is 17.3 Å². The molecule has 66 heavy (non-hydrogen) atoms. The average Bonchev–Trinajstić information content (AvgIpc) is 3.14. The Morgan fingerprint density at radius 1 is 0.333 bits per heavy atom. The maximum Gasteiger partial charge on any atom is 3.00 e. The quantitative estimate of drug-likeness (QED) is 0.0406. The first-order valence-electron chi connectivity index (χ1n) is 25.7. The van der Waals surface area contributed by atoms with Crippen molar-refractivity contribution in [3.05, 3.63) is 35.5 Å². The zero-order valence-electron chi connectivity index (χ0n) is 47.2. The molecule has 0 fully saturated rings. The van der Waals surface area contributed by atoms with Crippen molar-refractivity contribution in [2.24, 2.45) is 32.5 Å². The predicted molar refractivity (Wildman–Crippen MR) is 278 cm³/mol. The largest absolute Gasteiger partial charge is 3.00 e. The second kappa shape index (κ2) is 37.0. The number of rotatable bonds is 24. The van der Waals surface area contributed by atoms with Crippen LogP contribution in [-0.2, 0) is 18.9 Å². The number of allylic oxidation sites excluding steroid dienone is 6. The molecule has 7 nitrogen and oxygen atoms in total. The number of hydrogen-bond donors (Lipinski definition) is 0. The maximum atomic E-state index is 13.5. The third kappa shape index (κ3) is 44.4. The maximum absolute atomic E-state index is 13.5. The van der Waals surface area contributed by atoms with Crippen molar-refractivity contribution >= 4 is 24.5 Å². The Bertz CT molecular complexity index is 1260. The third-order valence-corrected chi connectivity index (χ3v) is 14.4. The molecule has 9 heteroatoms. The summed E-state index contributed by atoms with van der Waals surface area (Å²) in [7, 11) is -1.89. The number of carbonyl (C=O) groups is 3. The van der Waals surface area contributed by atoms with E-state index in [1.165, 1.54) is 134 Å². The Hall–Kier alpha value is -0.815. The number of ketones is 3. The molecule has 0 N–H and O–H groups in total. The van der Waals surface area contributed by atoms with E-state index in [1.54, 1.807) is 0 Å². The number of unbranched alkanes of at least 4 members (excludes halogenated alkanes) is 15. The van der Waals surface area contributed by atoms with E-state index in [0.29, 0.717) is 0 Å². The molecule has 1 radical (unpaired) electrons. The molecule has 0 bridgehead atoms. The van der Waals surface area contributed by atoms with E-state index in [9.17, 15) is 34.3 Å². The van der Waals surface area contributed by atoms with Gasteiger partial charge in [0.05, 0.1) is 7.14 Å². The zero-order valence-corrected chi connectivity index (χ0v) is 50.4. The van der Waals surface area contributed by atoms with E-state index >= 15 is 0 Å². The summed E-state index contributed by atoms with van der Waals surface area (Å²) in [6.45, 7) is 39.4. The second-order valence-corrected chi connectivity index (χ2v) is 28.1. The molecule has 0 aromatic rings. The minimum atomic E-state index is -1.89. The van der Waals surface area contributed by atoms with E-state index in [2.05, 4.69) is 20.8 Å². The zero-order chi connectivity index (χ0) is 51.9. The summed E-state index contributed by atoms with van der Waals surface area (Å²) in [6.07, 6.45) is 30.6. The average molecular weight is 1090 g/mol. The molecule has 0 spiro atoms. The Labute approximate surface area is 442 Å². The molecule has 0 aromatic heterocycles. The van der Waals surface area contributed by atoms with Crippen LogP contribution < -0.4 is 15.3 Å². The van der Waals surface area contributed by atoms with Gasteiger partial charge in [-0.2, -0.15) is 0 Å². The van der Waals surface area contributed by atoms with Crippen LogP contribution in [0.25, 0.3) is 0 Å². The van der Waals surface area contributed by atoms with Crippen molar-refractivity contribution in [3.63, 3.8) is 0 Å². The topological polar surface area (TPSA) is 137 Å². The van der Waals surface area contributed by atoms with Crippen molar-refractivity contribution < 1.29 is 74.2 Å². The summed E-state index contributed by atoms with van der Waals surface area (Å²) in [6, 6.07) is 0. The van der Waals surface area contributed by atoms with Crippen molar-refractivity contribution in [1.29, 1.82) is 0 Å². The van der Waals surface area contributed by atoms with Gasteiger partial charge in [0.1, 0.15) is 0 Å². The summed E-state index contributed by atoms with van der Waals surface area (Å²) in [5.74, 6) is -0.625. The van der Waals surface area contributed by atoms with Crippen molar-refractivity contribution in [2.75, 3.05) is 18.5 Å². The van der Waals surface area contributed by atoms with Gasteiger partial charge in [0.25, 0.3) is 0 Å². The third-order valence-electron chi connectivity index (χ3n) is 11.0. The first-order chi connectivity index (χ1) is 29.3. The molecule has 0 saturated heterocycles. The first kappa shape index (κ1) is 74.1. The van der Waals surface area contributed by atoms with Crippen molar-refractivity contribution in [3.8, 4) is 0 Å². The number of carbonyl (C=O) groups excluding carboxylic acids is 3. The van der Waals surface area contributed by atoms with E-state index in [-0.39, 0.29) is 74.6 Å². The molecule has 0 rings (SSSR count). The van der Waals surface area contributed by atoms with Gasteiger partial charge in [-0.05, 0) is 53.7 Å². The second-order valence-electron chi connectivity index (χ2n) is 24.7. The molecular formula is C57H108GdO7P. The van der Waals surface area contributed by atoms with E-state index < -0.39 is 39.6 Å². The molecule has 0 atom stereocenters. The normalized spacial score (nSPS) is 13.3. The van der Waals surface area contributed by atoms with Crippen LogP contribution in [0.4, 0.5) is 0 Å². The summed E-state index contributed by atoms with van der Waals surface area (Å²) in [5, 5.41) is 34.3. The molecule has 0 unspecified atom stereocenters. The van der Waals surface area contributed by atoms with Crippen LogP contribution in [0.15, 0.2) is 35.5 Å². The molecule has 0 aliphatic heterocycles. The summed E-state index contributed by atoms with van der Waals surface area (Å²) < 4.78 is 13.5. The summed E-state index contributed by atoms with van der Waals surface area (Å²) in [5.41, 5.74) is -2.74. The Morgan fingerprint density at radius 3 is 0.652 bits per heavy atom. The van der Waals surface area contributed by atoms with Gasteiger partial charge < -0.3 is 19.9 Å². The van der Waals surface area contributed by atoms with E-state index in [4.69, 9.17) is 0 Å². The Morgan fingerprint density at radius 2 is 0.500 bits per heavy atom. The van der Waals surface area contributed by atoms with Crippen LogP contribution in [0.5, 0.6) is 0 Å². The van der Waals surface area contributed by atoms with E-state index in [0.717, 1.165) is 18.5 Å². The van der Waals surface area contributed by atoms with Crippen LogP contribution in [0.2, 0.25) is 0 Å². The fourth-order valence-corrected chi connectivity index (χ4v) is 8.60. The van der Waals surface area contributed by atoms with Crippen molar-refractivity contribution in [1.82, 2.24) is 0 Å².